The van der Waals surface area contributed by atoms with Crippen LogP contribution in [0.1, 0.15) is 36.5 Å². The first-order valence-electron chi connectivity index (χ1n) is 7.07. The Balaban J connectivity index is 2.31. The van der Waals surface area contributed by atoms with E-state index in [4.69, 9.17) is 10.5 Å². The van der Waals surface area contributed by atoms with Crippen molar-refractivity contribution in [2.24, 2.45) is 0 Å². The molecule has 0 bridgehead atoms. The molecule has 20 heavy (non-hydrogen) atoms. The normalized spacial score (nSPS) is 18.6. The molecule has 0 amide bonds. The molecule has 0 unspecified atom stereocenters. The monoisotopic (exact) mass is 274 g/mol. The third-order valence-corrected chi connectivity index (χ3v) is 3.69. The summed E-state index contributed by atoms with van der Waals surface area (Å²) in [6.07, 6.45) is 5.09. The van der Waals surface area contributed by atoms with E-state index in [9.17, 15) is 4.79 Å². The van der Waals surface area contributed by atoms with Crippen LogP contribution in [0.2, 0.25) is 0 Å². The predicted octanol–water partition coefficient (Wildman–Crippen LogP) is 2.99. The predicted molar refractivity (Wildman–Crippen MR) is 82.0 cm³/mol. The molecular weight excluding hydrogens is 252 g/mol. The number of rotatable bonds is 4. The second kappa shape index (κ2) is 6.46. The summed E-state index contributed by atoms with van der Waals surface area (Å²) in [4.78, 5) is 14.4. The number of esters is 1. The molecule has 0 aliphatic carbocycles. The van der Waals surface area contributed by atoms with E-state index < -0.39 is 0 Å². The van der Waals surface area contributed by atoms with Gasteiger partial charge >= 0.3 is 5.97 Å². The van der Waals surface area contributed by atoms with Gasteiger partial charge in [0.2, 0.25) is 0 Å². The quantitative estimate of drug-likeness (QED) is 0.521. The van der Waals surface area contributed by atoms with Gasteiger partial charge in [-0.25, -0.2) is 4.79 Å². The molecule has 108 valence electrons. The van der Waals surface area contributed by atoms with Gasteiger partial charge in [-0.2, -0.15) is 0 Å². The average Bonchev–Trinajstić information content (AvgIpc) is 2.45. The summed E-state index contributed by atoms with van der Waals surface area (Å²) in [6, 6.07) is 5.88. The summed E-state index contributed by atoms with van der Waals surface area (Å²) >= 11 is 0. The SMILES string of the molecule is C=CCOC(=O)c1cc(N)ccc1N1CCCC[C@H]1C. The fraction of sp³-hybridized carbons (Fsp3) is 0.438. The topological polar surface area (TPSA) is 55.6 Å². The number of benzene rings is 1. The zero-order chi connectivity index (χ0) is 14.5. The lowest BCUT2D eigenvalue weighted by molar-refractivity contribution is 0.0550. The van der Waals surface area contributed by atoms with Crippen LogP contribution >= 0.6 is 0 Å². The van der Waals surface area contributed by atoms with Crippen molar-refractivity contribution in [2.75, 3.05) is 23.8 Å². The lowest BCUT2D eigenvalue weighted by Crippen LogP contribution is -2.38. The summed E-state index contributed by atoms with van der Waals surface area (Å²) in [5.74, 6) is -0.343. The second-order valence-electron chi connectivity index (χ2n) is 5.20. The van der Waals surface area contributed by atoms with Crippen LogP contribution in [-0.2, 0) is 4.74 Å². The van der Waals surface area contributed by atoms with Gasteiger partial charge in [-0.05, 0) is 44.4 Å². The van der Waals surface area contributed by atoms with Crippen molar-refractivity contribution < 1.29 is 9.53 Å². The Hall–Kier alpha value is -1.97. The zero-order valence-corrected chi connectivity index (χ0v) is 12.0. The van der Waals surface area contributed by atoms with Crippen LogP contribution in [0.3, 0.4) is 0 Å². The molecule has 1 fully saturated rings. The number of nitrogens with zero attached hydrogens (tertiary/aromatic N) is 1. The van der Waals surface area contributed by atoms with E-state index >= 15 is 0 Å². The number of carbonyl (C=O) groups excluding carboxylic acids is 1. The van der Waals surface area contributed by atoms with Crippen LogP contribution in [0, 0.1) is 0 Å². The van der Waals surface area contributed by atoms with Gasteiger partial charge < -0.3 is 15.4 Å². The third kappa shape index (κ3) is 3.13. The highest BCUT2D eigenvalue weighted by molar-refractivity contribution is 5.97. The summed E-state index contributed by atoms with van der Waals surface area (Å²) in [6.45, 7) is 6.92. The van der Waals surface area contributed by atoms with Gasteiger partial charge in [0.05, 0.1) is 11.3 Å². The van der Waals surface area contributed by atoms with Gasteiger partial charge in [0.25, 0.3) is 0 Å². The molecule has 1 atom stereocenters. The maximum Gasteiger partial charge on any atom is 0.340 e. The first kappa shape index (κ1) is 14.4. The second-order valence-corrected chi connectivity index (χ2v) is 5.20. The number of nitrogen functional groups attached to an aromatic ring is 1. The summed E-state index contributed by atoms with van der Waals surface area (Å²) in [5.41, 5.74) is 7.84. The van der Waals surface area contributed by atoms with E-state index in [0.29, 0.717) is 17.3 Å². The molecule has 1 saturated heterocycles. The molecule has 1 aliphatic heterocycles. The lowest BCUT2D eigenvalue weighted by atomic mass is 10.0. The van der Waals surface area contributed by atoms with Gasteiger partial charge in [-0.3, -0.25) is 0 Å². The summed E-state index contributed by atoms with van der Waals surface area (Å²) in [5, 5.41) is 0. The van der Waals surface area contributed by atoms with Crippen molar-refractivity contribution in [3.05, 3.63) is 36.4 Å². The average molecular weight is 274 g/mol. The van der Waals surface area contributed by atoms with Crippen LogP contribution in [0.5, 0.6) is 0 Å². The van der Waals surface area contributed by atoms with E-state index in [2.05, 4.69) is 18.4 Å². The van der Waals surface area contributed by atoms with E-state index in [1.54, 1.807) is 12.1 Å². The van der Waals surface area contributed by atoms with Gasteiger partial charge in [-0.1, -0.05) is 12.7 Å². The Morgan fingerprint density at radius 2 is 2.35 bits per heavy atom. The fourth-order valence-electron chi connectivity index (χ4n) is 2.64. The Labute approximate surface area is 120 Å². The number of ether oxygens (including phenoxy) is 1. The maximum atomic E-state index is 12.2. The van der Waals surface area contributed by atoms with Crippen molar-refractivity contribution in [1.29, 1.82) is 0 Å². The van der Waals surface area contributed by atoms with E-state index in [1.807, 2.05) is 12.1 Å². The highest BCUT2D eigenvalue weighted by Crippen LogP contribution is 2.29. The minimum atomic E-state index is -0.343. The van der Waals surface area contributed by atoms with E-state index in [0.717, 1.165) is 25.1 Å². The molecule has 1 aromatic carbocycles. The molecular formula is C16H22N2O2. The molecule has 0 saturated carbocycles. The number of anilines is 2. The number of carbonyl (C=O) groups is 1. The molecule has 4 nitrogen and oxygen atoms in total. The summed E-state index contributed by atoms with van der Waals surface area (Å²) < 4.78 is 5.16. The van der Waals surface area contributed by atoms with Gasteiger partial charge in [-0.15, -0.1) is 0 Å². The van der Waals surface area contributed by atoms with Gasteiger partial charge in [0, 0.05) is 18.3 Å². The Kier molecular flexibility index (Phi) is 4.66. The van der Waals surface area contributed by atoms with E-state index in [1.165, 1.54) is 6.42 Å². The molecule has 4 heteroatoms. The van der Waals surface area contributed by atoms with Gasteiger partial charge in [0.15, 0.2) is 0 Å². The van der Waals surface area contributed by atoms with Crippen LogP contribution in [-0.4, -0.2) is 25.2 Å². The van der Waals surface area contributed by atoms with Crippen LogP contribution in [0.25, 0.3) is 0 Å². The largest absolute Gasteiger partial charge is 0.458 e. The van der Waals surface area contributed by atoms with Crippen LogP contribution < -0.4 is 10.6 Å². The van der Waals surface area contributed by atoms with Crippen molar-refractivity contribution in [3.8, 4) is 0 Å². The highest BCUT2D eigenvalue weighted by Gasteiger charge is 2.23. The van der Waals surface area contributed by atoms with Crippen LogP contribution in [0.15, 0.2) is 30.9 Å². The molecule has 0 radical (unpaired) electrons. The highest BCUT2D eigenvalue weighted by atomic mass is 16.5. The van der Waals surface area contributed by atoms with Crippen molar-refractivity contribution >= 4 is 17.3 Å². The lowest BCUT2D eigenvalue weighted by Gasteiger charge is -2.36. The van der Waals surface area contributed by atoms with Crippen molar-refractivity contribution in [2.45, 2.75) is 32.2 Å². The number of piperidine rings is 1. The maximum absolute atomic E-state index is 12.2. The Morgan fingerprint density at radius 1 is 1.55 bits per heavy atom. The first-order valence-corrected chi connectivity index (χ1v) is 7.07. The molecule has 1 heterocycles. The Bertz CT molecular complexity index is 499. The standard InChI is InChI=1S/C16H22N2O2/c1-3-10-20-16(19)14-11-13(17)7-8-15(14)18-9-5-4-6-12(18)2/h3,7-8,11-12H,1,4-6,9-10,17H2,2H3/t12-/m1/s1. The van der Waals surface area contributed by atoms with Crippen LogP contribution in [0.4, 0.5) is 11.4 Å². The summed E-state index contributed by atoms with van der Waals surface area (Å²) in [7, 11) is 0. The number of hydrogen-bond acceptors (Lipinski definition) is 4. The minimum Gasteiger partial charge on any atom is -0.458 e. The zero-order valence-electron chi connectivity index (χ0n) is 12.0. The van der Waals surface area contributed by atoms with Crippen molar-refractivity contribution in [1.82, 2.24) is 0 Å². The number of hydrogen-bond donors (Lipinski definition) is 1. The molecule has 0 spiro atoms. The molecule has 1 aliphatic rings. The Morgan fingerprint density at radius 3 is 3.05 bits per heavy atom. The fourth-order valence-corrected chi connectivity index (χ4v) is 2.64. The number of nitrogens with two attached hydrogens (primary N) is 1. The van der Waals surface area contributed by atoms with E-state index in [-0.39, 0.29) is 12.6 Å². The smallest absolute Gasteiger partial charge is 0.340 e. The molecule has 1 aromatic rings. The molecule has 2 N–H and O–H groups in total. The first-order chi connectivity index (χ1) is 9.63. The minimum absolute atomic E-state index is 0.211. The van der Waals surface area contributed by atoms with Gasteiger partial charge in [0.1, 0.15) is 6.61 Å². The third-order valence-electron chi connectivity index (χ3n) is 3.69. The molecule has 0 aromatic heterocycles. The van der Waals surface area contributed by atoms with Crippen molar-refractivity contribution in [3.63, 3.8) is 0 Å². The molecule has 2 rings (SSSR count).